The second kappa shape index (κ2) is 8.93. The minimum atomic E-state index is -4.51. The van der Waals surface area contributed by atoms with Crippen molar-refractivity contribution in [1.29, 1.82) is 0 Å². The first-order chi connectivity index (χ1) is 15.1. The van der Waals surface area contributed by atoms with Gasteiger partial charge in [0.2, 0.25) is 5.91 Å². The van der Waals surface area contributed by atoms with Crippen LogP contribution in [0, 0.1) is 0 Å². The number of alkyl halides is 3. The zero-order chi connectivity index (χ0) is 23.5. The third kappa shape index (κ3) is 5.12. The van der Waals surface area contributed by atoms with Crippen LogP contribution in [0.2, 0.25) is 0 Å². The van der Waals surface area contributed by atoms with Gasteiger partial charge < -0.3 is 15.8 Å². The molecule has 0 bridgehead atoms. The number of methoxy groups -OCH3 is 1. The molecule has 0 spiro atoms. The van der Waals surface area contributed by atoms with E-state index in [1.807, 2.05) is 0 Å². The van der Waals surface area contributed by atoms with Gasteiger partial charge in [-0.2, -0.15) is 13.2 Å². The number of carbonyl (C=O) groups is 3. The number of nitrogens with one attached hydrogen (secondary N) is 1. The highest BCUT2D eigenvalue weighted by Gasteiger charge is 2.30. The van der Waals surface area contributed by atoms with Crippen LogP contribution in [0.1, 0.15) is 36.6 Å². The molecule has 3 N–H and O–H groups in total. The van der Waals surface area contributed by atoms with E-state index in [0.29, 0.717) is 16.7 Å². The Morgan fingerprint density at radius 1 is 0.812 bits per heavy atom. The van der Waals surface area contributed by atoms with E-state index >= 15 is 0 Å². The molecule has 9 heteroatoms. The van der Waals surface area contributed by atoms with Gasteiger partial charge in [0.05, 0.1) is 18.2 Å². The topological polar surface area (TPSA) is 98.5 Å². The highest BCUT2D eigenvalue weighted by atomic mass is 19.4. The van der Waals surface area contributed by atoms with Gasteiger partial charge in [0, 0.05) is 16.8 Å². The van der Waals surface area contributed by atoms with Crippen LogP contribution in [-0.4, -0.2) is 24.9 Å². The maximum atomic E-state index is 12.7. The zero-order valence-electron chi connectivity index (χ0n) is 16.7. The molecule has 3 rings (SSSR count). The van der Waals surface area contributed by atoms with E-state index in [9.17, 15) is 27.6 Å². The number of rotatable bonds is 5. The van der Waals surface area contributed by atoms with Gasteiger partial charge in [-0.25, -0.2) is 4.79 Å². The Balaban J connectivity index is 1.93. The molecule has 3 aromatic carbocycles. The number of esters is 1. The fraction of sp³-hybridized carbons (Fsp3) is 0.0870. The summed E-state index contributed by atoms with van der Waals surface area (Å²) in [4.78, 5) is 35.9. The first kappa shape index (κ1) is 22.5. The molecule has 0 aliphatic carbocycles. The van der Waals surface area contributed by atoms with Crippen LogP contribution in [0.25, 0.3) is 11.1 Å². The summed E-state index contributed by atoms with van der Waals surface area (Å²) in [6.45, 7) is 0. The second-order valence-corrected chi connectivity index (χ2v) is 6.76. The second-order valence-electron chi connectivity index (χ2n) is 6.76. The summed E-state index contributed by atoms with van der Waals surface area (Å²) >= 11 is 0. The third-order valence-corrected chi connectivity index (χ3v) is 4.59. The quantitative estimate of drug-likeness (QED) is 0.568. The lowest BCUT2D eigenvalue weighted by Crippen LogP contribution is -2.14. The number of primary amides is 1. The van der Waals surface area contributed by atoms with Crippen LogP contribution in [0.3, 0.4) is 0 Å². The monoisotopic (exact) mass is 442 g/mol. The molecule has 0 fully saturated rings. The summed E-state index contributed by atoms with van der Waals surface area (Å²) in [5, 5.41) is 2.57. The molecular formula is C23H17F3N2O4. The number of anilines is 1. The maximum absolute atomic E-state index is 12.7. The summed E-state index contributed by atoms with van der Waals surface area (Å²) in [6, 6.07) is 14.5. The molecule has 0 unspecified atom stereocenters. The number of ether oxygens (including phenoxy) is 1. The van der Waals surface area contributed by atoms with Gasteiger partial charge in [-0.05, 0) is 65.7 Å². The lowest BCUT2D eigenvalue weighted by Gasteiger charge is -2.12. The maximum Gasteiger partial charge on any atom is 0.416 e. The van der Waals surface area contributed by atoms with Gasteiger partial charge in [-0.3, -0.25) is 9.59 Å². The molecule has 0 aliphatic heterocycles. The average molecular weight is 442 g/mol. The predicted molar refractivity (Wildman–Crippen MR) is 111 cm³/mol. The van der Waals surface area contributed by atoms with Crippen LogP contribution < -0.4 is 11.1 Å². The molecule has 164 valence electrons. The first-order valence-electron chi connectivity index (χ1n) is 9.21. The Labute approximate surface area is 180 Å². The van der Waals surface area contributed by atoms with E-state index in [1.54, 1.807) is 24.3 Å². The Bertz CT molecular complexity index is 1170. The van der Waals surface area contributed by atoms with Gasteiger partial charge in [-0.1, -0.05) is 12.1 Å². The highest BCUT2D eigenvalue weighted by molar-refractivity contribution is 6.05. The molecular weight excluding hydrogens is 425 g/mol. The molecule has 6 nitrogen and oxygen atoms in total. The van der Waals surface area contributed by atoms with Gasteiger partial charge in [0.25, 0.3) is 5.91 Å². The minimum Gasteiger partial charge on any atom is -0.465 e. The average Bonchev–Trinajstić information content (AvgIpc) is 2.77. The molecule has 32 heavy (non-hydrogen) atoms. The normalized spacial score (nSPS) is 11.0. The van der Waals surface area contributed by atoms with Crippen LogP contribution in [-0.2, 0) is 10.9 Å². The predicted octanol–water partition coefficient (Wildman–Crippen LogP) is 4.51. The lowest BCUT2D eigenvalue weighted by molar-refractivity contribution is -0.137. The standard InChI is InChI=1S/C23H17F3N2O4/c1-32-22(31)17-10-16(13-2-4-14(5-3-13)20(27)29)11-19(12-17)28-21(30)15-6-8-18(9-7-15)23(24,25)26/h2-12H,1H3,(H2,27,29)(H,28,30). The van der Waals surface area contributed by atoms with E-state index < -0.39 is 29.5 Å². The molecule has 0 atom stereocenters. The van der Waals surface area contributed by atoms with Crippen molar-refractivity contribution in [3.63, 3.8) is 0 Å². The van der Waals surface area contributed by atoms with Crippen molar-refractivity contribution in [3.05, 3.63) is 89.0 Å². The molecule has 0 aliphatic rings. The summed E-state index contributed by atoms with van der Waals surface area (Å²) < 4.78 is 42.9. The number of carbonyl (C=O) groups excluding carboxylic acids is 3. The summed E-state index contributed by atoms with van der Waals surface area (Å²) in [7, 11) is 1.21. The minimum absolute atomic E-state index is 0.00818. The SMILES string of the molecule is COC(=O)c1cc(NC(=O)c2ccc(C(F)(F)F)cc2)cc(-c2ccc(C(N)=O)cc2)c1. The van der Waals surface area contributed by atoms with E-state index in [1.165, 1.54) is 25.3 Å². The Kier molecular flexibility index (Phi) is 6.29. The number of amides is 2. The molecule has 0 saturated heterocycles. The van der Waals surface area contributed by atoms with Crippen LogP contribution in [0.5, 0.6) is 0 Å². The van der Waals surface area contributed by atoms with E-state index in [2.05, 4.69) is 5.32 Å². The lowest BCUT2D eigenvalue weighted by atomic mass is 10.0. The summed E-state index contributed by atoms with van der Waals surface area (Å²) in [5.41, 5.74) is 6.22. The number of nitrogens with two attached hydrogens (primary N) is 1. The van der Waals surface area contributed by atoms with Crippen molar-refractivity contribution in [2.24, 2.45) is 5.73 Å². The fourth-order valence-electron chi connectivity index (χ4n) is 2.94. The molecule has 3 aromatic rings. The van der Waals surface area contributed by atoms with Crippen molar-refractivity contribution in [3.8, 4) is 11.1 Å². The van der Waals surface area contributed by atoms with Crippen LogP contribution >= 0.6 is 0 Å². The van der Waals surface area contributed by atoms with Crippen molar-refractivity contribution < 1.29 is 32.3 Å². The largest absolute Gasteiger partial charge is 0.465 e. The Morgan fingerprint density at radius 2 is 1.41 bits per heavy atom. The zero-order valence-corrected chi connectivity index (χ0v) is 16.7. The Morgan fingerprint density at radius 3 is 1.94 bits per heavy atom. The smallest absolute Gasteiger partial charge is 0.416 e. The number of hydrogen-bond donors (Lipinski definition) is 2. The van der Waals surface area contributed by atoms with Crippen molar-refractivity contribution in [2.45, 2.75) is 6.18 Å². The molecule has 0 aromatic heterocycles. The molecule has 0 radical (unpaired) electrons. The first-order valence-corrected chi connectivity index (χ1v) is 9.21. The molecule has 0 saturated carbocycles. The summed E-state index contributed by atoms with van der Waals surface area (Å²) in [5.74, 6) is -1.90. The third-order valence-electron chi connectivity index (χ3n) is 4.59. The van der Waals surface area contributed by atoms with Crippen molar-refractivity contribution in [1.82, 2.24) is 0 Å². The number of benzene rings is 3. The summed E-state index contributed by atoms with van der Waals surface area (Å²) in [6.07, 6.45) is -4.51. The van der Waals surface area contributed by atoms with Crippen molar-refractivity contribution >= 4 is 23.5 Å². The van der Waals surface area contributed by atoms with Gasteiger partial charge in [0.15, 0.2) is 0 Å². The number of halogens is 3. The highest BCUT2D eigenvalue weighted by Crippen LogP contribution is 2.30. The van der Waals surface area contributed by atoms with Gasteiger partial charge in [0.1, 0.15) is 0 Å². The van der Waals surface area contributed by atoms with Crippen LogP contribution in [0.4, 0.5) is 18.9 Å². The fourth-order valence-corrected chi connectivity index (χ4v) is 2.94. The van der Waals surface area contributed by atoms with Gasteiger partial charge in [-0.15, -0.1) is 0 Å². The van der Waals surface area contributed by atoms with E-state index in [-0.39, 0.29) is 16.8 Å². The van der Waals surface area contributed by atoms with Crippen molar-refractivity contribution in [2.75, 3.05) is 12.4 Å². The van der Waals surface area contributed by atoms with Gasteiger partial charge >= 0.3 is 12.1 Å². The molecule has 2 amide bonds. The van der Waals surface area contributed by atoms with Crippen LogP contribution in [0.15, 0.2) is 66.7 Å². The van der Waals surface area contributed by atoms with E-state index in [0.717, 1.165) is 24.3 Å². The number of hydrogen-bond acceptors (Lipinski definition) is 4. The Hall–Kier alpha value is -4.14. The molecule has 0 heterocycles. The van der Waals surface area contributed by atoms with E-state index in [4.69, 9.17) is 10.5 Å².